The quantitative estimate of drug-likeness (QED) is 0.106. The van der Waals surface area contributed by atoms with Crippen molar-refractivity contribution in [2.24, 2.45) is 0 Å². The van der Waals surface area contributed by atoms with Crippen LogP contribution >= 0.6 is 0 Å². The summed E-state index contributed by atoms with van der Waals surface area (Å²) in [5.74, 6) is -0.429. The number of nitrogens with one attached hydrogen (secondary N) is 1. The molecule has 0 bridgehead atoms. The lowest BCUT2D eigenvalue weighted by molar-refractivity contribution is -0.138. The SMILES string of the molecule is CC(=O)c1ccccc1-c1ccc(C(F)(F)F)cc1.Cc1cccc(N)c1.Cc1cccc(NC(=O)c2ccccc2-c2ccc(C(F)(F)F)cc2)c1. The number of nitrogen functional groups attached to an aromatic ring is 1. The van der Waals surface area contributed by atoms with Crippen LogP contribution in [0.4, 0.5) is 37.7 Å². The standard InChI is InChI=1S/C21H16F3NO.C15H11F3O.C7H9N/c1-14-5-4-6-17(13-14)25-20(26)19-8-3-2-7-18(19)15-9-11-16(12-10-15)21(22,23)24;1-10(19)13-4-2-3-5-14(13)11-6-8-12(9-7-11)15(16,17)18;1-6-3-2-4-7(8)5-6/h2-13H,1H3,(H,25,26);2-9H,1H3;2-5H,8H2,1H3. The summed E-state index contributed by atoms with van der Waals surface area (Å²) in [5.41, 5.74) is 11.0. The Morgan fingerprint density at radius 3 is 1.38 bits per heavy atom. The minimum atomic E-state index is -4.39. The summed E-state index contributed by atoms with van der Waals surface area (Å²) in [4.78, 5) is 24.1. The van der Waals surface area contributed by atoms with E-state index in [2.05, 4.69) is 5.32 Å². The van der Waals surface area contributed by atoms with Gasteiger partial charge in [0.05, 0.1) is 11.1 Å². The van der Waals surface area contributed by atoms with Crippen LogP contribution in [0.2, 0.25) is 0 Å². The maximum Gasteiger partial charge on any atom is 0.416 e. The van der Waals surface area contributed by atoms with Crippen molar-refractivity contribution in [3.05, 3.63) is 179 Å². The van der Waals surface area contributed by atoms with Crippen molar-refractivity contribution in [2.45, 2.75) is 33.1 Å². The van der Waals surface area contributed by atoms with Crippen molar-refractivity contribution >= 4 is 23.1 Å². The summed E-state index contributed by atoms with van der Waals surface area (Å²) in [6.45, 7) is 5.38. The van der Waals surface area contributed by atoms with Gasteiger partial charge in [0.15, 0.2) is 5.78 Å². The Kier molecular flexibility index (Phi) is 13.0. The van der Waals surface area contributed by atoms with Crippen LogP contribution < -0.4 is 11.1 Å². The number of carbonyl (C=O) groups is 2. The van der Waals surface area contributed by atoms with Crippen molar-refractivity contribution < 1.29 is 35.9 Å². The number of Topliss-reactive ketones (excluding diaryl/α,β-unsaturated/α-hetero) is 1. The Labute approximate surface area is 303 Å². The van der Waals surface area contributed by atoms with Gasteiger partial charge in [0.25, 0.3) is 5.91 Å². The van der Waals surface area contributed by atoms with Crippen LogP contribution in [-0.2, 0) is 12.4 Å². The van der Waals surface area contributed by atoms with E-state index in [1.807, 2.05) is 56.3 Å². The fourth-order valence-electron chi connectivity index (χ4n) is 5.24. The third kappa shape index (κ3) is 11.4. The molecule has 0 aliphatic heterocycles. The molecule has 0 atom stereocenters. The fourth-order valence-corrected chi connectivity index (χ4v) is 5.24. The van der Waals surface area contributed by atoms with Crippen molar-refractivity contribution in [3.63, 3.8) is 0 Å². The van der Waals surface area contributed by atoms with Gasteiger partial charge in [-0.25, -0.2) is 0 Å². The molecule has 272 valence electrons. The van der Waals surface area contributed by atoms with Crippen molar-refractivity contribution in [3.8, 4) is 22.3 Å². The van der Waals surface area contributed by atoms with Gasteiger partial charge in [-0.2, -0.15) is 26.3 Å². The first-order chi connectivity index (χ1) is 25.0. The fraction of sp³-hybridized carbons (Fsp3) is 0.116. The van der Waals surface area contributed by atoms with Gasteiger partial charge in [0, 0.05) is 22.5 Å². The lowest BCUT2D eigenvalue weighted by Crippen LogP contribution is -2.13. The molecule has 53 heavy (non-hydrogen) atoms. The molecule has 0 heterocycles. The van der Waals surface area contributed by atoms with E-state index in [1.165, 1.54) is 36.8 Å². The number of halogens is 6. The number of hydrogen-bond acceptors (Lipinski definition) is 3. The first-order valence-corrected chi connectivity index (χ1v) is 16.3. The second kappa shape index (κ2) is 17.4. The number of alkyl halides is 6. The van der Waals surface area contributed by atoms with E-state index in [4.69, 9.17) is 5.73 Å². The Balaban J connectivity index is 0.000000202. The van der Waals surface area contributed by atoms with Crippen LogP contribution in [0.1, 0.15) is 49.9 Å². The molecule has 6 aromatic rings. The number of hydrogen-bond donors (Lipinski definition) is 2. The van der Waals surface area contributed by atoms with E-state index >= 15 is 0 Å². The largest absolute Gasteiger partial charge is 0.416 e. The van der Waals surface area contributed by atoms with Gasteiger partial charge >= 0.3 is 12.4 Å². The average molecular weight is 727 g/mol. The van der Waals surface area contributed by atoms with Crippen LogP contribution in [-0.4, -0.2) is 11.7 Å². The van der Waals surface area contributed by atoms with E-state index in [1.54, 1.807) is 54.6 Å². The van der Waals surface area contributed by atoms with E-state index in [0.29, 0.717) is 39.1 Å². The monoisotopic (exact) mass is 726 g/mol. The highest BCUT2D eigenvalue weighted by Gasteiger charge is 2.31. The predicted molar refractivity (Wildman–Crippen MR) is 198 cm³/mol. The lowest BCUT2D eigenvalue weighted by Gasteiger charge is -2.12. The highest BCUT2D eigenvalue weighted by molar-refractivity contribution is 6.08. The van der Waals surface area contributed by atoms with Crippen molar-refractivity contribution in [1.29, 1.82) is 0 Å². The highest BCUT2D eigenvalue weighted by atomic mass is 19.4. The molecule has 0 radical (unpaired) electrons. The molecule has 0 spiro atoms. The molecule has 0 aliphatic rings. The molecule has 4 nitrogen and oxygen atoms in total. The van der Waals surface area contributed by atoms with Crippen LogP contribution in [0.15, 0.2) is 146 Å². The van der Waals surface area contributed by atoms with Gasteiger partial charge in [-0.15, -0.1) is 0 Å². The molecule has 0 unspecified atom stereocenters. The van der Waals surface area contributed by atoms with Gasteiger partial charge in [-0.1, -0.05) is 91.0 Å². The average Bonchev–Trinajstić information content (AvgIpc) is 3.11. The van der Waals surface area contributed by atoms with Crippen LogP contribution in [0.3, 0.4) is 0 Å². The number of anilines is 2. The normalized spacial score (nSPS) is 11.0. The lowest BCUT2D eigenvalue weighted by atomic mass is 9.97. The molecule has 0 saturated heterocycles. The molecule has 6 rings (SSSR count). The summed E-state index contributed by atoms with van der Waals surface area (Å²) < 4.78 is 75.6. The molecular formula is C43H36F6N2O2. The van der Waals surface area contributed by atoms with E-state index in [9.17, 15) is 35.9 Å². The number of amides is 1. The minimum absolute atomic E-state index is 0.115. The van der Waals surface area contributed by atoms with Crippen LogP contribution in [0.25, 0.3) is 22.3 Å². The Morgan fingerprint density at radius 2 is 0.962 bits per heavy atom. The first-order valence-electron chi connectivity index (χ1n) is 16.3. The van der Waals surface area contributed by atoms with Gasteiger partial charge in [0.1, 0.15) is 0 Å². The Hall–Kier alpha value is -6.16. The zero-order valence-electron chi connectivity index (χ0n) is 29.0. The summed E-state index contributed by atoms with van der Waals surface area (Å²) in [5, 5.41) is 2.83. The molecular weight excluding hydrogens is 690 g/mol. The number of rotatable bonds is 5. The Bertz CT molecular complexity index is 2140. The topological polar surface area (TPSA) is 72.2 Å². The van der Waals surface area contributed by atoms with Gasteiger partial charge < -0.3 is 11.1 Å². The van der Waals surface area contributed by atoms with Crippen LogP contribution in [0.5, 0.6) is 0 Å². The number of aryl methyl sites for hydroxylation is 2. The van der Waals surface area contributed by atoms with Crippen molar-refractivity contribution in [1.82, 2.24) is 0 Å². The van der Waals surface area contributed by atoms with Crippen molar-refractivity contribution in [2.75, 3.05) is 11.1 Å². The third-order valence-electron chi connectivity index (χ3n) is 7.84. The second-order valence-corrected chi connectivity index (χ2v) is 12.0. The zero-order valence-corrected chi connectivity index (χ0v) is 29.0. The molecule has 0 aliphatic carbocycles. The molecule has 1 amide bonds. The van der Waals surface area contributed by atoms with E-state index in [-0.39, 0.29) is 11.7 Å². The summed E-state index contributed by atoms with van der Waals surface area (Å²) in [6, 6.07) is 38.5. The summed E-state index contributed by atoms with van der Waals surface area (Å²) in [7, 11) is 0. The molecule has 0 saturated carbocycles. The van der Waals surface area contributed by atoms with Crippen LogP contribution in [0, 0.1) is 13.8 Å². The molecule has 10 heteroatoms. The number of carbonyl (C=O) groups excluding carboxylic acids is 2. The Morgan fingerprint density at radius 1 is 0.528 bits per heavy atom. The molecule has 0 aromatic heterocycles. The number of benzene rings is 6. The van der Waals surface area contributed by atoms with Gasteiger partial charge in [0.2, 0.25) is 0 Å². The van der Waals surface area contributed by atoms with E-state index in [0.717, 1.165) is 35.5 Å². The zero-order chi connectivity index (χ0) is 38.8. The number of ketones is 1. The third-order valence-corrected chi connectivity index (χ3v) is 7.84. The minimum Gasteiger partial charge on any atom is -0.399 e. The second-order valence-electron chi connectivity index (χ2n) is 12.0. The first kappa shape index (κ1) is 39.6. The molecule has 0 fully saturated rings. The van der Waals surface area contributed by atoms with Gasteiger partial charge in [-0.3, -0.25) is 9.59 Å². The summed E-state index contributed by atoms with van der Waals surface area (Å²) in [6.07, 6.45) is -8.74. The smallest absolute Gasteiger partial charge is 0.399 e. The highest BCUT2D eigenvalue weighted by Crippen LogP contribution is 2.33. The van der Waals surface area contributed by atoms with E-state index < -0.39 is 23.5 Å². The number of nitrogens with two attached hydrogens (primary N) is 1. The maximum atomic E-state index is 12.7. The summed E-state index contributed by atoms with van der Waals surface area (Å²) >= 11 is 0. The maximum absolute atomic E-state index is 12.7. The molecule has 3 N–H and O–H groups in total. The van der Waals surface area contributed by atoms with Gasteiger partial charge in [-0.05, 0) is 109 Å². The predicted octanol–water partition coefficient (Wildman–Crippen LogP) is 12.1. The molecule has 6 aromatic carbocycles.